The number of amides is 1. The lowest BCUT2D eigenvalue weighted by atomic mass is 10.1. The van der Waals surface area contributed by atoms with Gasteiger partial charge >= 0.3 is 5.69 Å². The second-order valence-electron chi connectivity index (χ2n) is 8.73. The predicted molar refractivity (Wildman–Crippen MR) is 135 cm³/mol. The molecular weight excluding hydrogens is 460 g/mol. The zero-order valence-electron chi connectivity index (χ0n) is 20.5. The lowest BCUT2D eigenvalue weighted by molar-refractivity contribution is -0.132. The molecule has 1 aliphatic heterocycles. The molecule has 1 aliphatic rings. The number of nitrogens with zero attached hydrogens (tertiary/aromatic N) is 6. The van der Waals surface area contributed by atoms with Crippen LogP contribution in [0.15, 0.2) is 59.7 Å². The first-order valence-electron chi connectivity index (χ1n) is 11.8. The van der Waals surface area contributed by atoms with Gasteiger partial charge in [0.15, 0.2) is 0 Å². The maximum atomic E-state index is 13.0. The quantitative estimate of drug-likeness (QED) is 0.412. The summed E-state index contributed by atoms with van der Waals surface area (Å²) in [5.41, 5.74) is 3.00. The first-order chi connectivity index (χ1) is 17.4. The second-order valence-corrected chi connectivity index (χ2v) is 8.73. The molecule has 1 amide bonds. The molecule has 3 heterocycles. The van der Waals surface area contributed by atoms with Crippen LogP contribution >= 0.6 is 0 Å². The van der Waals surface area contributed by atoms with Crippen LogP contribution < -0.4 is 20.1 Å². The van der Waals surface area contributed by atoms with Crippen LogP contribution in [0.5, 0.6) is 17.4 Å². The fourth-order valence-corrected chi connectivity index (χ4v) is 4.27. The van der Waals surface area contributed by atoms with E-state index in [1.807, 2.05) is 56.3 Å². The van der Waals surface area contributed by atoms with E-state index >= 15 is 0 Å². The predicted octanol–water partition coefficient (Wildman–Crippen LogP) is 2.66. The fraction of sp³-hybridized carbons (Fsp3) is 0.308. The molecule has 0 atom stereocenters. The second kappa shape index (κ2) is 9.73. The lowest BCUT2D eigenvalue weighted by Gasteiger charge is -2.36. The topological polar surface area (TPSA) is 94.2 Å². The molecule has 0 bridgehead atoms. The molecule has 0 saturated carbocycles. The number of aromatic nitrogens is 4. The SMILES string of the molecule is COc1ccc(N2CCN(C(=O)Cn3nc4c(Oc5cccc(C)c5C)nccn4c3=O)CC2)cc1. The van der Waals surface area contributed by atoms with Crippen molar-refractivity contribution in [3.63, 3.8) is 0 Å². The van der Waals surface area contributed by atoms with Crippen LogP contribution in [-0.2, 0) is 11.3 Å². The first-order valence-corrected chi connectivity index (χ1v) is 11.8. The number of rotatable bonds is 6. The number of carbonyl (C=O) groups excluding carboxylic acids is 1. The molecule has 10 heteroatoms. The smallest absolute Gasteiger partial charge is 0.351 e. The zero-order chi connectivity index (χ0) is 25.2. The Morgan fingerprint density at radius 2 is 1.78 bits per heavy atom. The van der Waals surface area contributed by atoms with Crippen LogP contribution in [0, 0.1) is 13.8 Å². The molecule has 2 aromatic carbocycles. The van der Waals surface area contributed by atoms with Gasteiger partial charge in [-0.15, -0.1) is 5.10 Å². The van der Waals surface area contributed by atoms with Gasteiger partial charge in [-0.2, -0.15) is 0 Å². The number of ether oxygens (including phenoxy) is 2. The van der Waals surface area contributed by atoms with Gasteiger partial charge in [-0.05, 0) is 55.3 Å². The Bertz CT molecular complexity index is 1450. The maximum absolute atomic E-state index is 13.0. The summed E-state index contributed by atoms with van der Waals surface area (Å²) in [4.78, 5) is 34.2. The Kier molecular flexibility index (Phi) is 6.32. The van der Waals surface area contributed by atoms with E-state index < -0.39 is 5.69 Å². The standard InChI is InChI=1S/C26H28N6O4/c1-18-5-4-6-22(19(18)2)36-25-24-28-32(26(34)31(24)12-11-27-25)17-23(33)30-15-13-29(14-16-30)20-7-9-21(35-3)10-8-20/h4-12H,13-17H2,1-3H3. The molecule has 0 radical (unpaired) electrons. The third kappa shape index (κ3) is 4.49. The summed E-state index contributed by atoms with van der Waals surface area (Å²) in [6.07, 6.45) is 3.01. The molecule has 0 spiro atoms. The van der Waals surface area contributed by atoms with Crippen molar-refractivity contribution in [2.75, 3.05) is 38.2 Å². The highest BCUT2D eigenvalue weighted by Gasteiger charge is 2.23. The molecule has 2 aromatic heterocycles. The van der Waals surface area contributed by atoms with Crippen LogP contribution in [0.2, 0.25) is 0 Å². The summed E-state index contributed by atoms with van der Waals surface area (Å²) in [6.45, 7) is 6.35. The van der Waals surface area contributed by atoms with Gasteiger partial charge < -0.3 is 19.3 Å². The van der Waals surface area contributed by atoms with Crippen LogP contribution in [-0.4, -0.2) is 63.3 Å². The van der Waals surface area contributed by atoms with Gasteiger partial charge in [0.1, 0.15) is 18.0 Å². The largest absolute Gasteiger partial charge is 0.497 e. The maximum Gasteiger partial charge on any atom is 0.351 e. The number of hydrogen-bond donors (Lipinski definition) is 0. The van der Waals surface area contributed by atoms with Crippen molar-refractivity contribution in [2.45, 2.75) is 20.4 Å². The van der Waals surface area contributed by atoms with Crippen LogP contribution in [0.25, 0.3) is 5.65 Å². The highest BCUT2D eigenvalue weighted by atomic mass is 16.5. The summed E-state index contributed by atoms with van der Waals surface area (Å²) in [5, 5.41) is 4.38. The van der Waals surface area contributed by atoms with Gasteiger partial charge in [-0.3, -0.25) is 4.79 Å². The number of methoxy groups -OCH3 is 1. The summed E-state index contributed by atoms with van der Waals surface area (Å²) in [5.74, 6) is 1.51. The summed E-state index contributed by atoms with van der Waals surface area (Å²) in [6, 6.07) is 13.6. The van der Waals surface area contributed by atoms with Gasteiger partial charge in [0.2, 0.25) is 11.6 Å². The van der Waals surface area contributed by atoms with E-state index in [1.54, 1.807) is 12.0 Å². The third-order valence-corrected chi connectivity index (χ3v) is 6.59. The van der Waals surface area contributed by atoms with Gasteiger partial charge in [0, 0.05) is 44.3 Å². The molecule has 0 aliphatic carbocycles. The lowest BCUT2D eigenvalue weighted by Crippen LogP contribution is -2.50. The molecule has 36 heavy (non-hydrogen) atoms. The van der Waals surface area contributed by atoms with E-state index in [2.05, 4.69) is 15.0 Å². The first kappa shape index (κ1) is 23.4. The number of aryl methyl sites for hydroxylation is 1. The van der Waals surface area contributed by atoms with E-state index in [0.717, 1.165) is 22.6 Å². The van der Waals surface area contributed by atoms with Gasteiger partial charge in [-0.25, -0.2) is 18.9 Å². The summed E-state index contributed by atoms with van der Waals surface area (Å²) < 4.78 is 13.7. The molecule has 4 aromatic rings. The average Bonchev–Trinajstić information content (AvgIpc) is 3.22. The van der Waals surface area contributed by atoms with E-state index in [9.17, 15) is 9.59 Å². The summed E-state index contributed by atoms with van der Waals surface area (Å²) >= 11 is 0. The molecular formula is C26H28N6O4. The van der Waals surface area contributed by atoms with E-state index in [0.29, 0.717) is 31.9 Å². The van der Waals surface area contributed by atoms with Crippen molar-refractivity contribution < 1.29 is 14.3 Å². The van der Waals surface area contributed by atoms with E-state index in [4.69, 9.17) is 9.47 Å². The number of anilines is 1. The normalized spacial score (nSPS) is 13.8. The van der Waals surface area contributed by atoms with E-state index in [-0.39, 0.29) is 24.0 Å². The number of carbonyl (C=O) groups is 1. The van der Waals surface area contributed by atoms with Crippen molar-refractivity contribution in [3.05, 3.63) is 76.5 Å². The zero-order valence-corrected chi connectivity index (χ0v) is 20.5. The Balaban J connectivity index is 1.29. The number of hydrogen-bond acceptors (Lipinski definition) is 7. The molecule has 10 nitrogen and oxygen atoms in total. The molecule has 0 N–H and O–H groups in total. The molecule has 0 unspecified atom stereocenters. The average molecular weight is 489 g/mol. The highest BCUT2D eigenvalue weighted by molar-refractivity contribution is 5.76. The Morgan fingerprint density at radius 1 is 1.03 bits per heavy atom. The van der Waals surface area contributed by atoms with Crippen molar-refractivity contribution in [3.8, 4) is 17.4 Å². The minimum absolute atomic E-state index is 0.147. The highest BCUT2D eigenvalue weighted by Crippen LogP contribution is 2.27. The number of fused-ring (bicyclic) bond motifs is 1. The fourth-order valence-electron chi connectivity index (χ4n) is 4.27. The molecule has 1 saturated heterocycles. The Morgan fingerprint density at radius 3 is 2.50 bits per heavy atom. The summed E-state index contributed by atoms with van der Waals surface area (Å²) in [7, 11) is 1.64. The monoisotopic (exact) mass is 488 g/mol. The number of benzene rings is 2. The molecule has 1 fully saturated rings. The van der Waals surface area contributed by atoms with Gasteiger partial charge in [-0.1, -0.05) is 12.1 Å². The van der Waals surface area contributed by atoms with Gasteiger partial charge in [0.25, 0.3) is 5.88 Å². The van der Waals surface area contributed by atoms with Crippen molar-refractivity contribution in [1.82, 2.24) is 24.1 Å². The van der Waals surface area contributed by atoms with Crippen molar-refractivity contribution in [1.29, 1.82) is 0 Å². The van der Waals surface area contributed by atoms with Crippen molar-refractivity contribution in [2.24, 2.45) is 0 Å². The Labute approximate surface area is 208 Å². The van der Waals surface area contributed by atoms with E-state index in [1.165, 1.54) is 21.5 Å². The number of piperazine rings is 1. The third-order valence-electron chi connectivity index (χ3n) is 6.59. The minimum Gasteiger partial charge on any atom is -0.497 e. The molecule has 5 rings (SSSR count). The van der Waals surface area contributed by atoms with Gasteiger partial charge in [0.05, 0.1) is 7.11 Å². The van der Waals surface area contributed by atoms with Crippen LogP contribution in [0.1, 0.15) is 11.1 Å². The minimum atomic E-state index is -0.413. The molecule has 186 valence electrons. The Hall–Kier alpha value is -4.34. The van der Waals surface area contributed by atoms with Crippen LogP contribution in [0.3, 0.4) is 0 Å². The van der Waals surface area contributed by atoms with Crippen molar-refractivity contribution >= 4 is 17.2 Å². The van der Waals surface area contributed by atoms with Crippen LogP contribution in [0.4, 0.5) is 5.69 Å².